The molecule has 0 fully saturated rings. The van der Waals surface area contributed by atoms with Gasteiger partial charge in [-0.1, -0.05) is 0 Å². The number of nitrogens with zero attached hydrogens (tertiary/aromatic N) is 4. The van der Waals surface area contributed by atoms with Gasteiger partial charge in [0.05, 0.1) is 17.8 Å². The second-order valence-corrected chi connectivity index (χ2v) is 4.96. The lowest BCUT2D eigenvalue weighted by Crippen LogP contribution is -2.27. The topological polar surface area (TPSA) is 55.9 Å². The van der Waals surface area contributed by atoms with Crippen LogP contribution in [0.15, 0.2) is 18.3 Å². The van der Waals surface area contributed by atoms with E-state index in [1.165, 1.54) is 0 Å². The highest BCUT2D eigenvalue weighted by atomic mass is 16.3. The van der Waals surface area contributed by atoms with Crippen LogP contribution in [0.1, 0.15) is 19.7 Å². The summed E-state index contributed by atoms with van der Waals surface area (Å²) in [6.07, 6.45) is 1.97. The Morgan fingerprint density at radius 3 is 2.65 bits per heavy atom. The van der Waals surface area contributed by atoms with Gasteiger partial charge in [0.15, 0.2) is 5.82 Å². The van der Waals surface area contributed by atoms with Crippen LogP contribution in [0.5, 0.6) is 0 Å². The van der Waals surface area contributed by atoms with Gasteiger partial charge >= 0.3 is 0 Å². The van der Waals surface area contributed by atoms with E-state index in [0.717, 1.165) is 11.5 Å². The zero-order valence-corrected chi connectivity index (χ0v) is 10.7. The minimum atomic E-state index is -0.806. The van der Waals surface area contributed by atoms with E-state index in [2.05, 4.69) is 10.1 Å². The van der Waals surface area contributed by atoms with Crippen molar-refractivity contribution >= 4 is 0 Å². The maximum Gasteiger partial charge on any atom is 0.175 e. The van der Waals surface area contributed by atoms with Gasteiger partial charge in [-0.05, 0) is 32.9 Å². The Morgan fingerprint density at radius 1 is 1.41 bits per heavy atom. The number of aliphatic hydroxyl groups is 1. The minimum absolute atomic E-state index is 0.425. The Balaban J connectivity index is 2.45. The molecule has 1 N–H and O–H groups in total. The minimum Gasteiger partial charge on any atom is -0.389 e. The fraction of sp³-hybridized carbons (Fsp3) is 0.500. The van der Waals surface area contributed by atoms with Crippen LogP contribution in [0.2, 0.25) is 0 Å². The van der Waals surface area contributed by atoms with E-state index in [0.29, 0.717) is 12.4 Å². The Morgan fingerprint density at radius 2 is 2.12 bits per heavy atom. The first-order valence-electron chi connectivity index (χ1n) is 5.62. The molecule has 5 heteroatoms. The van der Waals surface area contributed by atoms with E-state index in [4.69, 9.17) is 0 Å². The van der Waals surface area contributed by atoms with Crippen molar-refractivity contribution in [2.45, 2.75) is 32.9 Å². The molecule has 0 aliphatic rings. The van der Waals surface area contributed by atoms with Gasteiger partial charge in [0.2, 0.25) is 0 Å². The van der Waals surface area contributed by atoms with Crippen LogP contribution in [0, 0.1) is 6.92 Å². The molecule has 0 amide bonds. The molecule has 2 heterocycles. The molecule has 0 aliphatic heterocycles. The summed E-state index contributed by atoms with van der Waals surface area (Å²) >= 11 is 0. The van der Waals surface area contributed by atoms with Crippen molar-refractivity contribution in [3.8, 4) is 11.5 Å². The quantitative estimate of drug-likeness (QED) is 0.872. The van der Waals surface area contributed by atoms with Crippen LogP contribution >= 0.6 is 0 Å². The van der Waals surface area contributed by atoms with E-state index in [1.807, 2.05) is 36.9 Å². The third kappa shape index (κ3) is 2.55. The van der Waals surface area contributed by atoms with Gasteiger partial charge in [-0.15, -0.1) is 0 Å². The lowest BCUT2D eigenvalue weighted by Gasteiger charge is -2.18. The van der Waals surface area contributed by atoms with Gasteiger partial charge in [-0.3, -0.25) is 0 Å². The number of rotatable bonds is 3. The molecule has 0 bridgehead atoms. The highest BCUT2D eigenvalue weighted by molar-refractivity contribution is 5.50. The molecule has 0 atom stereocenters. The van der Waals surface area contributed by atoms with Crippen LogP contribution in [0.25, 0.3) is 11.5 Å². The molecule has 2 rings (SSSR count). The summed E-state index contributed by atoms with van der Waals surface area (Å²) in [5, 5.41) is 14.2. The molecule has 92 valence electrons. The standard InChI is InChI=1S/C12H18N4O/c1-9-13-11(10-6-5-7-15(10)4)16(14-9)8-12(2,3)17/h5-7,17H,8H2,1-4H3. The van der Waals surface area contributed by atoms with Crippen molar-refractivity contribution in [2.75, 3.05) is 0 Å². The largest absolute Gasteiger partial charge is 0.389 e. The van der Waals surface area contributed by atoms with Gasteiger partial charge in [-0.2, -0.15) is 5.10 Å². The molecule has 0 spiro atoms. The number of aryl methyl sites for hydroxylation is 2. The third-order valence-corrected chi connectivity index (χ3v) is 2.49. The van der Waals surface area contributed by atoms with E-state index in [1.54, 1.807) is 18.5 Å². The SMILES string of the molecule is Cc1nc(-c2cccn2C)n(CC(C)(C)O)n1. The average molecular weight is 234 g/mol. The van der Waals surface area contributed by atoms with E-state index >= 15 is 0 Å². The van der Waals surface area contributed by atoms with Crippen LogP contribution in [0.3, 0.4) is 0 Å². The summed E-state index contributed by atoms with van der Waals surface area (Å²) in [6.45, 7) is 5.80. The van der Waals surface area contributed by atoms with Crippen molar-refractivity contribution in [1.29, 1.82) is 0 Å². The summed E-state index contributed by atoms with van der Waals surface area (Å²) in [7, 11) is 1.97. The highest BCUT2D eigenvalue weighted by Crippen LogP contribution is 2.19. The molecule has 5 nitrogen and oxygen atoms in total. The molecule has 0 saturated carbocycles. The molecule has 2 aromatic heterocycles. The molecule has 17 heavy (non-hydrogen) atoms. The summed E-state index contributed by atoms with van der Waals surface area (Å²) in [5.74, 6) is 1.50. The Labute approximate surface area is 101 Å². The van der Waals surface area contributed by atoms with E-state index < -0.39 is 5.60 Å². The molecule has 2 aromatic rings. The Bertz CT molecular complexity index is 519. The number of hydrogen-bond acceptors (Lipinski definition) is 3. The van der Waals surface area contributed by atoms with Crippen LogP contribution in [0.4, 0.5) is 0 Å². The van der Waals surface area contributed by atoms with Gasteiger partial charge in [0.25, 0.3) is 0 Å². The summed E-state index contributed by atoms with van der Waals surface area (Å²) in [4.78, 5) is 4.42. The number of hydrogen-bond donors (Lipinski definition) is 1. The molecule has 0 saturated heterocycles. The van der Waals surface area contributed by atoms with E-state index in [9.17, 15) is 5.11 Å². The van der Waals surface area contributed by atoms with E-state index in [-0.39, 0.29) is 0 Å². The highest BCUT2D eigenvalue weighted by Gasteiger charge is 2.19. The van der Waals surface area contributed by atoms with Gasteiger partial charge in [0.1, 0.15) is 5.82 Å². The molecule has 0 aromatic carbocycles. The number of aromatic nitrogens is 4. The maximum absolute atomic E-state index is 9.88. The second-order valence-electron chi connectivity index (χ2n) is 4.96. The van der Waals surface area contributed by atoms with Gasteiger partial charge in [0, 0.05) is 13.2 Å². The van der Waals surface area contributed by atoms with Crippen LogP contribution in [-0.2, 0) is 13.6 Å². The Hall–Kier alpha value is -1.62. The van der Waals surface area contributed by atoms with Crippen molar-refractivity contribution in [3.05, 3.63) is 24.2 Å². The van der Waals surface area contributed by atoms with Crippen LogP contribution < -0.4 is 0 Å². The predicted molar refractivity (Wildman–Crippen MR) is 65.5 cm³/mol. The third-order valence-electron chi connectivity index (χ3n) is 2.49. The fourth-order valence-corrected chi connectivity index (χ4v) is 1.82. The zero-order chi connectivity index (χ0) is 12.6. The monoisotopic (exact) mass is 234 g/mol. The van der Waals surface area contributed by atoms with Crippen molar-refractivity contribution in [3.63, 3.8) is 0 Å². The summed E-state index contributed by atoms with van der Waals surface area (Å²) in [5.41, 5.74) is 0.190. The predicted octanol–water partition coefficient (Wildman–Crippen LogP) is 1.36. The summed E-state index contributed by atoms with van der Waals surface area (Å²) < 4.78 is 3.75. The average Bonchev–Trinajstić information content (AvgIpc) is 2.70. The lowest BCUT2D eigenvalue weighted by atomic mass is 10.1. The first-order chi connectivity index (χ1) is 7.87. The first-order valence-corrected chi connectivity index (χ1v) is 5.62. The molecule has 0 radical (unpaired) electrons. The molecular weight excluding hydrogens is 216 g/mol. The lowest BCUT2D eigenvalue weighted by molar-refractivity contribution is 0.0581. The molecule has 0 unspecified atom stereocenters. The van der Waals surface area contributed by atoms with Crippen molar-refractivity contribution < 1.29 is 5.11 Å². The normalized spacial score (nSPS) is 12.1. The molecule has 0 aliphatic carbocycles. The first kappa shape index (κ1) is 11.9. The van der Waals surface area contributed by atoms with Gasteiger partial charge < -0.3 is 9.67 Å². The maximum atomic E-state index is 9.88. The Kier molecular flexibility index (Phi) is 2.79. The smallest absolute Gasteiger partial charge is 0.175 e. The zero-order valence-electron chi connectivity index (χ0n) is 10.7. The molecular formula is C12H18N4O. The van der Waals surface area contributed by atoms with Gasteiger partial charge in [-0.25, -0.2) is 9.67 Å². The van der Waals surface area contributed by atoms with Crippen LogP contribution in [-0.4, -0.2) is 30.0 Å². The second kappa shape index (κ2) is 4.00. The van der Waals surface area contributed by atoms with Crippen molar-refractivity contribution in [1.82, 2.24) is 19.3 Å². The van der Waals surface area contributed by atoms with Crippen molar-refractivity contribution in [2.24, 2.45) is 7.05 Å². The fourth-order valence-electron chi connectivity index (χ4n) is 1.82. The summed E-state index contributed by atoms with van der Waals surface area (Å²) in [6, 6.07) is 3.96.